The van der Waals surface area contributed by atoms with Crippen molar-refractivity contribution in [1.82, 2.24) is 4.31 Å². The normalized spacial score (nSPS) is 20.1. The van der Waals surface area contributed by atoms with Crippen molar-refractivity contribution in [2.24, 2.45) is 0 Å². The second kappa shape index (κ2) is 6.01. The molecule has 0 saturated carbocycles. The van der Waals surface area contributed by atoms with Gasteiger partial charge in [0, 0.05) is 12.2 Å². The number of para-hydroxylation sites is 1. The maximum absolute atomic E-state index is 12.5. The van der Waals surface area contributed by atoms with Crippen LogP contribution in [0.25, 0.3) is 0 Å². The average molecular weight is 324 g/mol. The second-order valence-corrected chi connectivity index (χ2v) is 8.75. The van der Waals surface area contributed by atoms with Crippen molar-refractivity contribution >= 4 is 21.6 Å². The van der Waals surface area contributed by atoms with Gasteiger partial charge >= 0.3 is 0 Å². The number of hydrogen-bond donors (Lipinski definition) is 1. The number of benzene rings is 1. The summed E-state index contributed by atoms with van der Waals surface area (Å²) in [5.41, 5.74) is 1.68. The molecule has 0 aromatic heterocycles. The van der Waals surface area contributed by atoms with Crippen molar-refractivity contribution in [3.63, 3.8) is 0 Å². The monoisotopic (exact) mass is 324 g/mol. The van der Waals surface area contributed by atoms with E-state index < -0.39 is 16.1 Å². The van der Waals surface area contributed by atoms with E-state index in [9.17, 15) is 13.2 Å². The zero-order valence-corrected chi connectivity index (χ0v) is 14.4. The molecule has 1 aromatic rings. The first-order valence-electron chi connectivity index (χ1n) is 7.48. The van der Waals surface area contributed by atoms with Gasteiger partial charge in [0.25, 0.3) is 0 Å². The Bertz CT molecular complexity index is 662. The lowest BCUT2D eigenvalue weighted by Gasteiger charge is -2.25. The first-order chi connectivity index (χ1) is 10.1. The summed E-state index contributed by atoms with van der Waals surface area (Å²) in [6.07, 6.45) is 2.43. The molecule has 1 aliphatic rings. The van der Waals surface area contributed by atoms with Gasteiger partial charge in [-0.2, -0.15) is 4.31 Å². The molecule has 1 saturated heterocycles. The molecule has 1 unspecified atom stereocenters. The Labute approximate surface area is 132 Å². The molecule has 1 fully saturated rings. The van der Waals surface area contributed by atoms with Crippen LogP contribution in [-0.4, -0.2) is 37.5 Å². The summed E-state index contributed by atoms with van der Waals surface area (Å²) in [6, 6.07) is 7.04. The van der Waals surface area contributed by atoms with E-state index in [1.165, 1.54) is 4.31 Å². The number of amides is 1. The molecule has 2 rings (SSSR count). The minimum atomic E-state index is -3.36. The summed E-state index contributed by atoms with van der Waals surface area (Å²) >= 11 is 0. The SMILES string of the molecule is CC(C)(C)c1ccccc1NC(=O)C1CCCN1S(C)(=O)=O. The summed E-state index contributed by atoms with van der Waals surface area (Å²) in [6.45, 7) is 6.65. The summed E-state index contributed by atoms with van der Waals surface area (Å²) < 4.78 is 24.8. The van der Waals surface area contributed by atoms with Crippen LogP contribution in [0.2, 0.25) is 0 Å². The van der Waals surface area contributed by atoms with Gasteiger partial charge in [0.05, 0.1) is 6.26 Å². The van der Waals surface area contributed by atoms with Gasteiger partial charge in [-0.05, 0) is 29.9 Å². The third-order valence-corrected chi connectivity index (χ3v) is 5.21. The minimum Gasteiger partial charge on any atom is -0.324 e. The number of hydrogen-bond acceptors (Lipinski definition) is 3. The van der Waals surface area contributed by atoms with Gasteiger partial charge in [0.2, 0.25) is 15.9 Å². The van der Waals surface area contributed by atoms with E-state index in [2.05, 4.69) is 26.1 Å². The van der Waals surface area contributed by atoms with Crippen LogP contribution in [0, 0.1) is 0 Å². The Kier molecular flexibility index (Phi) is 4.63. The van der Waals surface area contributed by atoms with Crippen molar-refractivity contribution in [1.29, 1.82) is 0 Å². The van der Waals surface area contributed by atoms with E-state index in [-0.39, 0.29) is 11.3 Å². The average Bonchev–Trinajstić information content (AvgIpc) is 2.87. The summed E-state index contributed by atoms with van der Waals surface area (Å²) in [5, 5.41) is 2.92. The summed E-state index contributed by atoms with van der Waals surface area (Å²) in [4.78, 5) is 12.5. The lowest BCUT2D eigenvalue weighted by atomic mass is 9.86. The molecule has 0 aliphatic carbocycles. The van der Waals surface area contributed by atoms with Crippen LogP contribution >= 0.6 is 0 Å². The van der Waals surface area contributed by atoms with Crippen LogP contribution in [0.4, 0.5) is 5.69 Å². The quantitative estimate of drug-likeness (QED) is 0.928. The Hall–Kier alpha value is -1.40. The standard InChI is InChI=1S/C16H24N2O3S/c1-16(2,3)12-8-5-6-9-13(12)17-15(19)14-10-7-11-18(14)22(4,20)21/h5-6,8-9,14H,7,10-11H2,1-4H3,(H,17,19). The molecule has 1 heterocycles. The number of rotatable bonds is 3. The number of nitrogens with zero attached hydrogens (tertiary/aromatic N) is 1. The van der Waals surface area contributed by atoms with E-state index in [1.54, 1.807) is 0 Å². The molecule has 1 N–H and O–H groups in total. The van der Waals surface area contributed by atoms with Crippen LogP contribution in [0.15, 0.2) is 24.3 Å². The molecule has 1 atom stereocenters. The Morgan fingerprint density at radius 2 is 1.91 bits per heavy atom. The maximum atomic E-state index is 12.5. The largest absolute Gasteiger partial charge is 0.324 e. The van der Waals surface area contributed by atoms with Crippen molar-refractivity contribution in [2.45, 2.75) is 45.1 Å². The fourth-order valence-electron chi connectivity index (χ4n) is 2.86. The van der Waals surface area contributed by atoms with Gasteiger partial charge in [0.1, 0.15) is 6.04 Å². The van der Waals surface area contributed by atoms with E-state index in [1.807, 2.05) is 24.3 Å². The molecule has 0 radical (unpaired) electrons. The lowest BCUT2D eigenvalue weighted by molar-refractivity contribution is -0.119. The fourth-order valence-corrected chi connectivity index (χ4v) is 3.99. The van der Waals surface area contributed by atoms with Crippen molar-refractivity contribution in [3.05, 3.63) is 29.8 Å². The van der Waals surface area contributed by atoms with Crippen LogP contribution in [0.1, 0.15) is 39.2 Å². The van der Waals surface area contributed by atoms with Crippen LogP contribution in [0.3, 0.4) is 0 Å². The molecule has 5 nitrogen and oxygen atoms in total. The van der Waals surface area contributed by atoms with Gasteiger partial charge in [-0.15, -0.1) is 0 Å². The second-order valence-electron chi connectivity index (χ2n) is 6.82. The van der Waals surface area contributed by atoms with Gasteiger partial charge in [-0.3, -0.25) is 4.79 Å². The third kappa shape index (κ3) is 3.67. The number of nitrogens with one attached hydrogen (secondary N) is 1. The van der Waals surface area contributed by atoms with Gasteiger partial charge in [0.15, 0.2) is 0 Å². The Morgan fingerprint density at radius 1 is 1.27 bits per heavy atom. The van der Waals surface area contributed by atoms with Gasteiger partial charge in [-0.1, -0.05) is 39.0 Å². The molecular weight excluding hydrogens is 300 g/mol. The minimum absolute atomic E-state index is 0.101. The molecule has 122 valence electrons. The molecule has 6 heteroatoms. The Balaban J connectivity index is 2.23. The highest BCUT2D eigenvalue weighted by molar-refractivity contribution is 7.88. The van der Waals surface area contributed by atoms with Crippen LogP contribution in [-0.2, 0) is 20.2 Å². The third-order valence-electron chi connectivity index (χ3n) is 3.93. The van der Waals surface area contributed by atoms with E-state index in [0.29, 0.717) is 19.4 Å². The fraction of sp³-hybridized carbons (Fsp3) is 0.562. The molecule has 0 bridgehead atoms. The topological polar surface area (TPSA) is 66.5 Å². The number of carbonyl (C=O) groups excluding carboxylic acids is 1. The van der Waals surface area contributed by atoms with E-state index in [0.717, 1.165) is 17.5 Å². The smallest absolute Gasteiger partial charge is 0.242 e. The highest BCUT2D eigenvalue weighted by atomic mass is 32.2. The lowest BCUT2D eigenvalue weighted by Crippen LogP contribution is -2.42. The molecule has 1 aliphatic heterocycles. The van der Waals surface area contributed by atoms with Gasteiger partial charge < -0.3 is 5.32 Å². The Morgan fingerprint density at radius 3 is 2.50 bits per heavy atom. The van der Waals surface area contributed by atoms with Crippen molar-refractivity contribution in [3.8, 4) is 0 Å². The molecule has 1 amide bonds. The molecule has 0 spiro atoms. The summed E-state index contributed by atoms with van der Waals surface area (Å²) in [7, 11) is -3.36. The predicted octanol–water partition coefficient (Wildman–Crippen LogP) is 2.35. The van der Waals surface area contributed by atoms with Crippen LogP contribution < -0.4 is 5.32 Å². The molecule has 22 heavy (non-hydrogen) atoms. The molecule has 1 aromatic carbocycles. The highest BCUT2D eigenvalue weighted by Gasteiger charge is 2.36. The van der Waals surface area contributed by atoms with E-state index >= 15 is 0 Å². The van der Waals surface area contributed by atoms with Gasteiger partial charge in [-0.25, -0.2) is 8.42 Å². The number of sulfonamides is 1. The zero-order valence-electron chi connectivity index (χ0n) is 13.6. The zero-order chi connectivity index (χ0) is 16.5. The van der Waals surface area contributed by atoms with Crippen molar-refractivity contribution in [2.75, 3.05) is 18.1 Å². The predicted molar refractivity (Wildman–Crippen MR) is 88.3 cm³/mol. The number of carbonyl (C=O) groups is 1. The molecular formula is C16H24N2O3S. The number of anilines is 1. The van der Waals surface area contributed by atoms with Crippen LogP contribution in [0.5, 0.6) is 0 Å². The highest BCUT2D eigenvalue weighted by Crippen LogP contribution is 2.30. The maximum Gasteiger partial charge on any atom is 0.242 e. The first-order valence-corrected chi connectivity index (χ1v) is 9.33. The summed E-state index contributed by atoms with van der Waals surface area (Å²) in [5.74, 6) is -0.250. The van der Waals surface area contributed by atoms with Crippen molar-refractivity contribution < 1.29 is 13.2 Å². The first kappa shape index (κ1) is 17.0. The van der Waals surface area contributed by atoms with E-state index in [4.69, 9.17) is 0 Å².